The van der Waals surface area contributed by atoms with Crippen LogP contribution in [-0.2, 0) is 7.05 Å². The van der Waals surface area contributed by atoms with E-state index in [0.29, 0.717) is 17.3 Å². The van der Waals surface area contributed by atoms with Crippen LogP contribution in [0.25, 0.3) is 10.9 Å². The second-order valence-electron chi connectivity index (χ2n) is 6.29. The highest BCUT2D eigenvalue weighted by Gasteiger charge is 2.20. The summed E-state index contributed by atoms with van der Waals surface area (Å²) in [6.07, 6.45) is 0.376. The Labute approximate surface area is 165 Å². The van der Waals surface area contributed by atoms with Gasteiger partial charge in [-0.05, 0) is 18.6 Å². The highest BCUT2D eigenvalue weighted by molar-refractivity contribution is 6.08. The van der Waals surface area contributed by atoms with Crippen LogP contribution in [0.3, 0.4) is 0 Å². The van der Waals surface area contributed by atoms with Crippen LogP contribution in [0.1, 0.15) is 16.8 Å². The fourth-order valence-corrected chi connectivity index (χ4v) is 2.98. The summed E-state index contributed by atoms with van der Waals surface area (Å²) in [5, 5.41) is 24.3. The first-order valence-corrected chi connectivity index (χ1v) is 8.87. The van der Waals surface area contributed by atoms with E-state index in [0.717, 1.165) is 0 Å². The molecule has 0 aliphatic rings. The Balaban J connectivity index is 1.66. The monoisotopic (exact) mass is 397 g/mol. The van der Waals surface area contributed by atoms with Crippen LogP contribution in [0.2, 0.25) is 0 Å². The normalized spacial score (nSPS) is 10.7. The van der Waals surface area contributed by atoms with Gasteiger partial charge in [0.2, 0.25) is 0 Å². The van der Waals surface area contributed by atoms with E-state index in [1.54, 1.807) is 36.4 Å². The molecule has 2 aromatic carbocycles. The minimum atomic E-state index is -0.659. The van der Waals surface area contributed by atoms with Gasteiger partial charge in [0, 0.05) is 25.0 Å². The molecule has 0 saturated heterocycles. The summed E-state index contributed by atoms with van der Waals surface area (Å²) in [5.41, 5.74) is -0.342. The Kier molecular flexibility index (Phi) is 5.77. The molecule has 0 aliphatic heterocycles. The average molecular weight is 397 g/mol. The van der Waals surface area contributed by atoms with Gasteiger partial charge in [0.05, 0.1) is 22.6 Å². The second-order valence-corrected chi connectivity index (χ2v) is 6.29. The number of rotatable bonds is 7. The smallest absolute Gasteiger partial charge is 0.310 e. The number of carbonyl (C=O) groups excluding carboxylic acids is 1. The zero-order valence-electron chi connectivity index (χ0n) is 15.6. The van der Waals surface area contributed by atoms with Crippen LogP contribution in [-0.4, -0.2) is 33.7 Å². The van der Waals surface area contributed by atoms with Crippen molar-refractivity contribution in [2.24, 2.45) is 7.05 Å². The first kappa shape index (κ1) is 19.9. The van der Waals surface area contributed by atoms with Crippen LogP contribution in [0.5, 0.6) is 11.5 Å². The minimum Gasteiger partial charge on any atom is -0.502 e. The number of pyridine rings is 1. The molecular formula is C20H19N3O6. The number of nitro groups is 1. The summed E-state index contributed by atoms with van der Waals surface area (Å²) in [5.74, 6) is -1.04. The molecule has 2 N–H and O–H groups in total. The molecule has 0 radical (unpaired) electrons. The van der Waals surface area contributed by atoms with Gasteiger partial charge in [-0.2, -0.15) is 0 Å². The standard InChI is InChI=1S/C20H19N3O6/c1-22-14-8-3-2-7-13(14)17(18(24)20(22)26)19(25)21-11-6-12-29-16-10-5-4-9-15(16)23(27)28/h2-5,7-10,24H,6,11-12H2,1H3,(H,21,25). The van der Waals surface area contributed by atoms with Gasteiger partial charge < -0.3 is 19.7 Å². The van der Waals surface area contributed by atoms with Crippen LogP contribution in [0.15, 0.2) is 53.3 Å². The maximum absolute atomic E-state index is 12.6. The van der Waals surface area contributed by atoms with Crippen LogP contribution in [0, 0.1) is 10.1 Å². The van der Waals surface area contributed by atoms with Gasteiger partial charge in [-0.25, -0.2) is 0 Å². The molecule has 0 bridgehead atoms. The lowest BCUT2D eigenvalue weighted by Crippen LogP contribution is -2.28. The Hall–Kier alpha value is -3.88. The van der Waals surface area contributed by atoms with Crippen molar-refractivity contribution >= 4 is 22.5 Å². The molecule has 3 aromatic rings. The molecule has 1 aromatic heterocycles. The molecule has 150 valence electrons. The number of benzene rings is 2. The van der Waals surface area contributed by atoms with Gasteiger partial charge in [0.1, 0.15) is 0 Å². The molecule has 0 atom stereocenters. The van der Waals surface area contributed by atoms with Crippen LogP contribution >= 0.6 is 0 Å². The fraction of sp³-hybridized carbons (Fsp3) is 0.200. The molecule has 3 rings (SSSR count). The molecule has 29 heavy (non-hydrogen) atoms. The Morgan fingerprint density at radius 2 is 1.90 bits per heavy atom. The second kappa shape index (κ2) is 8.42. The van der Waals surface area contributed by atoms with Crippen molar-refractivity contribution in [3.05, 3.63) is 74.6 Å². The van der Waals surface area contributed by atoms with E-state index in [-0.39, 0.29) is 30.2 Å². The predicted octanol–water partition coefficient (Wildman–Crippen LogP) is 2.35. The van der Waals surface area contributed by atoms with Crippen molar-refractivity contribution in [2.45, 2.75) is 6.42 Å². The van der Waals surface area contributed by atoms with Crippen molar-refractivity contribution in [1.29, 1.82) is 0 Å². The number of nitrogens with one attached hydrogen (secondary N) is 1. The van der Waals surface area contributed by atoms with Crippen molar-refractivity contribution in [3.63, 3.8) is 0 Å². The third-order valence-corrected chi connectivity index (χ3v) is 4.43. The summed E-state index contributed by atoms with van der Waals surface area (Å²) < 4.78 is 6.70. The van der Waals surface area contributed by atoms with Crippen LogP contribution < -0.4 is 15.6 Å². The third-order valence-electron chi connectivity index (χ3n) is 4.43. The summed E-state index contributed by atoms with van der Waals surface area (Å²) in [6.45, 7) is 0.344. The SMILES string of the molecule is Cn1c(=O)c(O)c(C(=O)NCCCOc2ccccc2[N+](=O)[O-])c2ccccc21. The topological polar surface area (TPSA) is 124 Å². The van der Waals surface area contributed by atoms with Gasteiger partial charge in [0.15, 0.2) is 11.5 Å². The number of carbonyl (C=O) groups is 1. The Morgan fingerprint density at radius 1 is 1.21 bits per heavy atom. The maximum Gasteiger partial charge on any atom is 0.310 e. The van der Waals surface area contributed by atoms with Crippen molar-refractivity contribution in [2.75, 3.05) is 13.2 Å². The molecule has 0 unspecified atom stereocenters. The number of nitro benzene ring substituents is 1. The lowest BCUT2D eigenvalue weighted by molar-refractivity contribution is -0.385. The highest BCUT2D eigenvalue weighted by Crippen LogP contribution is 2.26. The van der Waals surface area contributed by atoms with Gasteiger partial charge >= 0.3 is 5.69 Å². The lowest BCUT2D eigenvalue weighted by Gasteiger charge is -2.12. The molecule has 0 saturated carbocycles. The van der Waals surface area contributed by atoms with E-state index in [9.17, 15) is 24.8 Å². The summed E-state index contributed by atoms with van der Waals surface area (Å²) >= 11 is 0. The number of aromatic nitrogens is 1. The number of fused-ring (bicyclic) bond motifs is 1. The molecule has 9 nitrogen and oxygen atoms in total. The Morgan fingerprint density at radius 3 is 2.66 bits per heavy atom. The van der Waals surface area contributed by atoms with E-state index in [4.69, 9.17) is 4.74 Å². The quantitative estimate of drug-likeness (QED) is 0.358. The maximum atomic E-state index is 12.6. The highest BCUT2D eigenvalue weighted by atomic mass is 16.6. The van der Waals surface area contributed by atoms with E-state index < -0.39 is 22.1 Å². The largest absolute Gasteiger partial charge is 0.502 e. The van der Waals surface area contributed by atoms with E-state index in [1.807, 2.05) is 0 Å². The number of aromatic hydroxyl groups is 1. The van der Waals surface area contributed by atoms with E-state index >= 15 is 0 Å². The van der Waals surface area contributed by atoms with Crippen molar-refractivity contribution in [1.82, 2.24) is 9.88 Å². The zero-order chi connectivity index (χ0) is 21.0. The number of hydrogen-bond donors (Lipinski definition) is 2. The molecule has 1 heterocycles. The minimum absolute atomic E-state index is 0.0803. The van der Waals surface area contributed by atoms with E-state index in [2.05, 4.69) is 5.32 Å². The molecule has 0 aliphatic carbocycles. The van der Waals surface area contributed by atoms with Gasteiger partial charge in [-0.15, -0.1) is 0 Å². The summed E-state index contributed by atoms with van der Waals surface area (Å²) in [4.78, 5) is 35.2. The number of hydrogen-bond acceptors (Lipinski definition) is 6. The molecular weight excluding hydrogens is 378 g/mol. The first-order valence-electron chi connectivity index (χ1n) is 8.87. The summed E-state index contributed by atoms with van der Waals surface area (Å²) in [7, 11) is 1.52. The van der Waals surface area contributed by atoms with Crippen LogP contribution in [0.4, 0.5) is 5.69 Å². The number of para-hydroxylation sites is 3. The summed E-state index contributed by atoms with van der Waals surface area (Å²) in [6, 6.07) is 12.8. The number of aryl methyl sites for hydroxylation is 1. The number of nitrogens with zero attached hydrogens (tertiary/aromatic N) is 2. The van der Waals surface area contributed by atoms with Crippen molar-refractivity contribution in [3.8, 4) is 11.5 Å². The van der Waals surface area contributed by atoms with Gasteiger partial charge in [-0.1, -0.05) is 30.3 Å². The lowest BCUT2D eigenvalue weighted by atomic mass is 10.1. The van der Waals surface area contributed by atoms with Gasteiger partial charge in [0.25, 0.3) is 11.5 Å². The Bertz CT molecular complexity index is 1140. The van der Waals surface area contributed by atoms with Gasteiger partial charge in [-0.3, -0.25) is 19.7 Å². The zero-order valence-corrected chi connectivity index (χ0v) is 15.6. The predicted molar refractivity (Wildman–Crippen MR) is 106 cm³/mol. The number of ether oxygens (including phenoxy) is 1. The fourth-order valence-electron chi connectivity index (χ4n) is 2.98. The van der Waals surface area contributed by atoms with Crippen molar-refractivity contribution < 1.29 is 19.6 Å². The molecule has 9 heteroatoms. The third kappa shape index (κ3) is 4.03. The molecule has 1 amide bonds. The molecule has 0 fully saturated rings. The van der Waals surface area contributed by atoms with E-state index in [1.165, 1.54) is 23.7 Å². The average Bonchev–Trinajstić information content (AvgIpc) is 2.72. The number of amides is 1. The molecule has 0 spiro atoms. The first-order chi connectivity index (χ1) is 13.9.